The number of rotatable bonds is 4. The minimum absolute atomic E-state index is 0. The zero-order valence-corrected chi connectivity index (χ0v) is 15.6. The molecule has 2 heterocycles. The zero-order chi connectivity index (χ0) is 16.9. The Morgan fingerprint density at radius 3 is 2.54 bits per heavy atom. The highest BCUT2D eigenvalue weighted by Crippen LogP contribution is 2.21. The fourth-order valence-electron chi connectivity index (χ4n) is 2.38. The van der Waals surface area contributed by atoms with Gasteiger partial charge in [0.15, 0.2) is 0 Å². The first-order valence-corrected chi connectivity index (χ1v) is 7.67. The number of nitrogens with zero attached hydrogens (tertiary/aromatic N) is 1. The first kappa shape index (κ1) is 22.1. The Morgan fingerprint density at radius 2 is 1.92 bits per heavy atom. The van der Waals surface area contributed by atoms with Crippen molar-refractivity contribution in [3.8, 4) is 11.5 Å². The Morgan fingerprint density at radius 1 is 1.23 bits per heavy atom. The highest BCUT2D eigenvalue weighted by Gasteiger charge is 2.28. The summed E-state index contributed by atoms with van der Waals surface area (Å²) < 4.78 is 23.9. The summed E-state index contributed by atoms with van der Waals surface area (Å²) in [5, 5.41) is 5.86. The number of amides is 1. The molecular formula is C17H20Cl2FN3O3. The van der Waals surface area contributed by atoms with Crippen LogP contribution >= 0.6 is 24.8 Å². The maximum Gasteiger partial charge on any atom is 0.245 e. The van der Waals surface area contributed by atoms with Gasteiger partial charge in [-0.1, -0.05) is 0 Å². The second kappa shape index (κ2) is 10.3. The molecule has 1 saturated heterocycles. The predicted molar refractivity (Wildman–Crippen MR) is 101 cm³/mol. The van der Waals surface area contributed by atoms with Crippen molar-refractivity contribution in [2.75, 3.05) is 18.5 Å². The largest absolute Gasteiger partial charge is 0.456 e. The van der Waals surface area contributed by atoms with E-state index in [1.54, 1.807) is 12.1 Å². The maximum absolute atomic E-state index is 12.9. The van der Waals surface area contributed by atoms with Gasteiger partial charge in [0, 0.05) is 6.54 Å². The van der Waals surface area contributed by atoms with E-state index in [0.29, 0.717) is 30.5 Å². The van der Waals surface area contributed by atoms with Crippen molar-refractivity contribution < 1.29 is 18.7 Å². The van der Waals surface area contributed by atoms with E-state index in [1.807, 2.05) is 6.92 Å². The number of carbonyl (C=O) groups is 1. The Kier molecular flexibility index (Phi) is 8.74. The molecule has 0 bridgehead atoms. The number of halogens is 3. The molecule has 142 valence electrons. The first-order chi connectivity index (χ1) is 11.6. The third-order valence-electron chi connectivity index (χ3n) is 3.64. The van der Waals surface area contributed by atoms with E-state index in [9.17, 15) is 9.18 Å². The van der Waals surface area contributed by atoms with Crippen LogP contribution in [0.15, 0.2) is 42.6 Å². The Bertz CT molecular complexity index is 701. The van der Waals surface area contributed by atoms with E-state index in [1.165, 1.54) is 30.5 Å². The number of anilines is 1. The third-order valence-corrected chi connectivity index (χ3v) is 3.64. The Hall–Kier alpha value is -1.93. The van der Waals surface area contributed by atoms with Crippen molar-refractivity contribution in [1.29, 1.82) is 0 Å². The molecule has 0 aliphatic carbocycles. The number of morpholine rings is 1. The first-order valence-electron chi connectivity index (χ1n) is 7.67. The summed E-state index contributed by atoms with van der Waals surface area (Å²) in [6, 6.07) is 8.61. The summed E-state index contributed by atoms with van der Waals surface area (Å²) in [5.41, 5.74) is 0. The summed E-state index contributed by atoms with van der Waals surface area (Å²) in [5.74, 6) is 0.903. The van der Waals surface area contributed by atoms with Gasteiger partial charge in [0.1, 0.15) is 29.2 Å². The predicted octanol–water partition coefficient (Wildman–Crippen LogP) is 3.17. The zero-order valence-electron chi connectivity index (χ0n) is 14.0. The molecule has 0 radical (unpaired) electrons. The molecule has 1 amide bonds. The molecule has 1 aliphatic heterocycles. The number of aromatic nitrogens is 1. The SMILES string of the molecule is C[C@H]1OCCN[C@@H]1C(=O)Nc1ccc(Oc2ccc(F)cc2)cn1.Cl.Cl. The molecular weight excluding hydrogens is 384 g/mol. The standard InChI is InChI=1S/C17H18FN3O3.2ClH/c1-11-16(19-8-9-23-11)17(22)21-15-7-6-14(10-20-15)24-13-4-2-12(18)3-5-13;;/h2-7,10-11,16,19H,8-9H2,1H3,(H,20,21,22);2*1H/t11-,16+;;/m1../s1. The Balaban J connectivity index is 0.00000169. The lowest BCUT2D eigenvalue weighted by atomic mass is 10.1. The van der Waals surface area contributed by atoms with Crippen molar-refractivity contribution in [3.63, 3.8) is 0 Å². The minimum Gasteiger partial charge on any atom is -0.456 e. The summed E-state index contributed by atoms with van der Waals surface area (Å²) in [4.78, 5) is 16.4. The van der Waals surface area contributed by atoms with Crippen LogP contribution in [-0.2, 0) is 9.53 Å². The average molecular weight is 404 g/mol. The molecule has 1 aromatic carbocycles. The van der Waals surface area contributed by atoms with Crippen molar-refractivity contribution in [3.05, 3.63) is 48.4 Å². The average Bonchev–Trinajstić information content (AvgIpc) is 2.59. The van der Waals surface area contributed by atoms with Crippen LogP contribution in [-0.4, -0.2) is 36.2 Å². The van der Waals surface area contributed by atoms with Crippen LogP contribution in [0.25, 0.3) is 0 Å². The lowest BCUT2D eigenvalue weighted by Gasteiger charge is -2.29. The molecule has 2 aromatic rings. The van der Waals surface area contributed by atoms with Gasteiger partial charge in [-0.15, -0.1) is 24.8 Å². The van der Waals surface area contributed by atoms with Crippen LogP contribution in [0.3, 0.4) is 0 Å². The number of ether oxygens (including phenoxy) is 2. The molecule has 0 unspecified atom stereocenters. The van der Waals surface area contributed by atoms with Gasteiger partial charge in [-0.25, -0.2) is 9.37 Å². The van der Waals surface area contributed by atoms with E-state index in [4.69, 9.17) is 9.47 Å². The van der Waals surface area contributed by atoms with E-state index in [-0.39, 0.29) is 42.6 Å². The monoisotopic (exact) mass is 403 g/mol. The Labute approximate surface area is 163 Å². The van der Waals surface area contributed by atoms with Gasteiger partial charge in [-0.05, 0) is 43.3 Å². The quantitative estimate of drug-likeness (QED) is 0.819. The fraction of sp³-hybridized carbons (Fsp3) is 0.294. The van der Waals surface area contributed by atoms with Crippen molar-refractivity contribution in [1.82, 2.24) is 10.3 Å². The second-order valence-corrected chi connectivity index (χ2v) is 5.43. The molecule has 0 spiro atoms. The number of pyridine rings is 1. The molecule has 1 fully saturated rings. The summed E-state index contributed by atoms with van der Waals surface area (Å²) >= 11 is 0. The molecule has 9 heteroatoms. The lowest BCUT2D eigenvalue weighted by Crippen LogP contribution is -2.53. The smallest absolute Gasteiger partial charge is 0.245 e. The van der Waals surface area contributed by atoms with E-state index >= 15 is 0 Å². The molecule has 6 nitrogen and oxygen atoms in total. The van der Waals surface area contributed by atoms with Crippen LogP contribution in [0.2, 0.25) is 0 Å². The van der Waals surface area contributed by atoms with Gasteiger partial charge < -0.3 is 20.1 Å². The van der Waals surface area contributed by atoms with Gasteiger partial charge in [-0.2, -0.15) is 0 Å². The number of hydrogen-bond acceptors (Lipinski definition) is 5. The summed E-state index contributed by atoms with van der Waals surface area (Å²) in [6.45, 7) is 3.09. The van der Waals surface area contributed by atoms with Gasteiger partial charge in [0.25, 0.3) is 0 Å². The van der Waals surface area contributed by atoms with Crippen molar-refractivity contribution in [2.24, 2.45) is 0 Å². The molecule has 1 aliphatic rings. The molecule has 1 aromatic heterocycles. The summed E-state index contributed by atoms with van der Waals surface area (Å²) in [6.07, 6.45) is 1.30. The number of hydrogen-bond donors (Lipinski definition) is 2. The van der Waals surface area contributed by atoms with Gasteiger partial charge >= 0.3 is 0 Å². The number of carbonyl (C=O) groups excluding carboxylic acids is 1. The van der Waals surface area contributed by atoms with E-state index in [0.717, 1.165) is 0 Å². The van der Waals surface area contributed by atoms with Gasteiger partial charge in [-0.3, -0.25) is 4.79 Å². The van der Waals surface area contributed by atoms with E-state index in [2.05, 4.69) is 15.6 Å². The highest BCUT2D eigenvalue weighted by molar-refractivity contribution is 5.94. The van der Waals surface area contributed by atoms with Crippen LogP contribution in [0.4, 0.5) is 10.2 Å². The van der Waals surface area contributed by atoms with Crippen molar-refractivity contribution in [2.45, 2.75) is 19.1 Å². The van der Waals surface area contributed by atoms with E-state index < -0.39 is 6.04 Å². The number of nitrogens with one attached hydrogen (secondary N) is 2. The van der Waals surface area contributed by atoms with Crippen LogP contribution < -0.4 is 15.4 Å². The molecule has 0 saturated carbocycles. The van der Waals surface area contributed by atoms with Crippen LogP contribution in [0.5, 0.6) is 11.5 Å². The molecule has 3 rings (SSSR count). The van der Waals surface area contributed by atoms with Crippen molar-refractivity contribution >= 4 is 36.5 Å². The second-order valence-electron chi connectivity index (χ2n) is 5.43. The molecule has 26 heavy (non-hydrogen) atoms. The lowest BCUT2D eigenvalue weighted by molar-refractivity contribution is -0.123. The van der Waals surface area contributed by atoms with Gasteiger partial charge in [0.05, 0.1) is 18.9 Å². The van der Waals surface area contributed by atoms with Gasteiger partial charge in [0.2, 0.25) is 5.91 Å². The highest BCUT2D eigenvalue weighted by atomic mass is 35.5. The normalized spacial score (nSPS) is 18.8. The fourth-order valence-corrected chi connectivity index (χ4v) is 2.38. The maximum atomic E-state index is 12.9. The topological polar surface area (TPSA) is 72.5 Å². The number of benzene rings is 1. The summed E-state index contributed by atoms with van der Waals surface area (Å²) in [7, 11) is 0. The molecule has 2 N–H and O–H groups in total. The van der Waals surface area contributed by atoms with Crippen LogP contribution in [0, 0.1) is 5.82 Å². The third kappa shape index (κ3) is 5.81. The van der Waals surface area contributed by atoms with Crippen LogP contribution in [0.1, 0.15) is 6.92 Å². The molecule has 2 atom stereocenters. The minimum atomic E-state index is -0.407.